The summed E-state index contributed by atoms with van der Waals surface area (Å²) in [4.78, 5) is 25.4. The molecule has 0 N–H and O–H groups in total. The van der Waals surface area contributed by atoms with Gasteiger partial charge in [-0.1, -0.05) is 11.6 Å². The molecule has 1 amide bonds. The first-order valence-corrected chi connectivity index (χ1v) is 9.55. The molecule has 0 aliphatic rings. The van der Waals surface area contributed by atoms with Crippen LogP contribution in [0.4, 0.5) is 0 Å². The number of rotatable bonds is 8. The second kappa shape index (κ2) is 8.96. The Bertz CT molecular complexity index is 1010. The van der Waals surface area contributed by atoms with Gasteiger partial charge in [-0.05, 0) is 50.2 Å². The van der Waals surface area contributed by atoms with E-state index in [1.54, 1.807) is 54.3 Å². The second-order valence-electron chi connectivity index (χ2n) is 6.58. The van der Waals surface area contributed by atoms with Gasteiger partial charge in [-0.3, -0.25) is 14.3 Å². The van der Waals surface area contributed by atoms with Gasteiger partial charge in [0.25, 0.3) is 5.91 Å². The van der Waals surface area contributed by atoms with Crippen LogP contribution < -0.4 is 4.74 Å². The molecule has 2 heterocycles. The molecule has 3 rings (SSSR count). The zero-order valence-electron chi connectivity index (χ0n) is 16.5. The van der Waals surface area contributed by atoms with Crippen molar-refractivity contribution in [1.82, 2.24) is 14.7 Å². The lowest BCUT2D eigenvalue weighted by molar-refractivity contribution is 0.0747. The number of carbonyl (C=O) groups excluding carboxylic acids is 2. The SMILES string of the molecule is CCn1cc(Cl)c(CN(C)C(=O)c2ccc(COc3ccc(C(C)=O)cc3)o2)n1. The summed E-state index contributed by atoms with van der Waals surface area (Å²) in [6.45, 7) is 4.63. The fraction of sp³-hybridized carbons (Fsp3) is 0.286. The van der Waals surface area contributed by atoms with Crippen molar-refractivity contribution in [2.75, 3.05) is 7.05 Å². The number of Topliss-reactive ketones (excluding diaryl/α,β-unsaturated/α-hetero) is 1. The molecule has 0 fully saturated rings. The van der Waals surface area contributed by atoms with Crippen molar-refractivity contribution in [2.24, 2.45) is 0 Å². The molecule has 0 atom stereocenters. The molecular weight excluding hydrogens is 394 g/mol. The summed E-state index contributed by atoms with van der Waals surface area (Å²) in [5, 5.41) is 4.87. The smallest absolute Gasteiger partial charge is 0.289 e. The Hall–Kier alpha value is -3.06. The Morgan fingerprint density at radius 1 is 1.21 bits per heavy atom. The fourth-order valence-electron chi connectivity index (χ4n) is 2.70. The molecule has 7 nitrogen and oxygen atoms in total. The zero-order chi connectivity index (χ0) is 21.0. The van der Waals surface area contributed by atoms with Crippen molar-refractivity contribution in [3.63, 3.8) is 0 Å². The zero-order valence-corrected chi connectivity index (χ0v) is 17.3. The first-order valence-electron chi connectivity index (χ1n) is 9.17. The van der Waals surface area contributed by atoms with Gasteiger partial charge in [-0.2, -0.15) is 5.10 Å². The van der Waals surface area contributed by atoms with Gasteiger partial charge in [0, 0.05) is 25.4 Å². The van der Waals surface area contributed by atoms with Crippen LogP contribution in [0.3, 0.4) is 0 Å². The van der Waals surface area contributed by atoms with Crippen molar-refractivity contribution in [1.29, 1.82) is 0 Å². The Kier molecular flexibility index (Phi) is 6.39. The standard InChI is InChI=1S/C21H22ClN3O4/c1-4-25-11-18(22)19(23-25)12-24(3)21(27)20-10-9-17(29-20)13-28-16-7-5-15(6-8-16)14(2)26/h5-11H,4,12-13H2,1-3H3. The van der Waals surface area contributed by atoms with E-state index in [1.807, 2.05) is 6.92 Å². The van der Waals surface area contributed by atoms with E-state index in [-0.39, 0.29) is 30.6 Å². The summed E-state index contributed by atoms with van der Waals surface area (Å²) in [6, 6.07) is 10.2. The Balaban J connectivity index is 1.58. The number of benzene rings is 1. The first kappa shape index (κ1) is 20.7. The first-order chi connectivity index (χ1) is 13.9. The van der Waals surface area contributed by atoms with Crippen LogP contribution in [-0.4, -0.2) is 33.4 Å². The molecule has 0 spiro atoms. The highest BCUT2D eigenvalue weighted by Crippen LogP contribution is 2.19. The molecule has 1 aromatic carbocycles. The number of ether oxygens (including phenoxy) is 1. The van der Waals surface area contributed by atoms with Crippen LogP contribution in [0, 0.1) is 0 Å². The highest BCUT2D eigenvalue weighted by molar-refractivity contribution is 6.31. The molecule has 0 radical (unpaired) electrons. The maximum Gasteiger partial charge on any atom is 0.289 e. The minimum Gasteiger partial charge on any atom is -0.486 e. The van der Waals surface area contributed by atoms with Crippen molar-refractivity contribution in [2.45, 2.75) is 33.5 Å². The fourth-order valence-corrected chi connectivity index (χ4v) is 2.91. The third-order valence-electron chi connectivity index (χ3n) is 4.36. The van der Waals surface area contributed by atoms with Crippen molar-refractivity contribution in [3.05, 3.63) is 70.4 Å². The molecule has 8 heteroatoms. The van der Waals surface area contributed by atoms with Gasteiger partial charge in [-0.25, -0.2) is 0 Å². The third-order valence-corrected chi connectivity index (χ3v) is 4.67. The van der Waals surface area contributed by atoms with Gasteiger partial charge < -0.3 is 14.1 Å². The molecule has 0 unspecified atom stereocenters. The average molecular weight is 416 g/mol. The van der Waals surface area contributed by atoms with E-state index in [1.165, 1.54) is 11.8 Å². The van der Waals surface area contributed by atoms with E-state index >= 15 is 0 Å². The molecule has 0 bridgehead atoms. The maximum absolute atomic E-state index is 12.6. The summed E-state index contributed by atoms with van der Waals surface area (Å²) in [6.07, 6.45) is 1.74. The van der Waals surface area contributed by atoms with E-state index < -0.39 is 0 Å². The summed E-state index contributed by atoms with van der Waals surface area (Å²) < 4.78 is 13.0. The van der Waals surface area contributed by atoms with Crippen LogP contribution in [0.5, 0.6) is 5.75 Å². The molecule has 29 heavy (non-hydrogen) atoms. The van der Waals surface area contributed by atoms with Crippen LogP contribution in [0.25, 0.3) is 0 Å². The highest BCUT2D eigenvalue weighted by atomic mass is 35.5. The predicted octanol–water partition coefficient (Wildman–Crippen LogP) is 4.20. The van der Waals surface area contributed by atoms with Crippen molar-refractivity contribution in [3.8, 4) is 5.75 Å². The van der Waals surface area contributed by atoms with Gasteiger partial charge in [-0.15, -0.1) is 0 Å². The number of nitrogens with zero attached hydrogens (tertiary/aromatic N) is 3. The van der Waals surface area contributed by atoms with Crippen LogP contribution in [0.15, 0.2) is 47.0 Å². The molecule has 152 valence electrons. The monoisotopic (exact) mass is 415 g/mol. The Morgan fingerprint density at radius 2 is 1.93 bits per heavy atom. The molecule has 0 saturated heterocycles. The molecule has 0 aliphatic carbocycles. The Labute approximate surface area is 173 Å². The molecule has 0 saturated carbocycles. The number of ketones is 1. The minimum absolute atomic E-state index is 0.00222. The maximum atomic E-state index is 12.6. The van der Waals surface area contributed by atoms with Gasteiger partial charge in [0.2, 0.25) is 0 Å². The minimum atomic E-state index is -0.274. The number of halogens is 1. The van der Waals surface area contributed by atoms with Gasteiger partial charge in [0.1, 0.15) is 23.8 Å². The van der Waals surface area contributed by atoms with Gasteiger partial charge >= 0.3 is 0 Å². The normalized spacial score (nSPS) is 10.8. The quantitative estimate of drug-likeness (QED) is 0.515. The van der Waals surface area contributed by atoms with Crippen LogP contribution in [-0.2, 0) is 19.7 Å². The number of hydrogen-bond donors (Lipinski definition) is 0. The molecule has 0 aliphatic heterocycles. The van der Waals surface area contributed by atoms with Gasteiger partial charge in [0.05, 0.1) is 11.6 Å². The van der Waals surface area contributed by atoms with Crippen LogP contribution in [0.1, 0.15) is 46.2 Å². The number of aromatic nitrogens is 2. The summed E-state index contributed by atoms with van der Waals surface area (Å²) in [5.74, 6) is 1.06. The Morgan fingerprint density at radius 3 is 2.55 bits per heavy atom. The third kappa shape index (κ3) is 5.06. The number of aryl methyl sites for hydroxylation is 1. The number of furan rings is 1. The molecule has 3 aromatic rings. The lowest BCUT2D eigenvalue weighted by Crippen LogP contribution is -2.26. The van der Waals surface area contributed by atoms with E-state index in [0.29, 0.717) is 34.3 Å². The van der Waals surface area contributed by atoms with Gasteiger partial charge in [0.15, 0.2) is 11.5 Å². The van der Waals surface area contributed by atoms with E-state index in [2.05, 4.69) is 5.10 Å². The lowest BCUT2D eigenvalue weighted by atomic mass is 10.1. The number of carbonyl (C=O) groups is 2. The predicted molar refractivity (Wildman–Crippen MR) is 108 cm³/mol. The van der Waals surface area contributed by atoms with Crippen molar-refractivity contribution < 1.29 is 18.7 Å². The lowest BCUT2D eigenvalue weighted by Gasteiger charge is -2.14. The average Bonchev–Trinajstić information content (AvgIpc) is 3.32. The van der Waals surface area contributed by atoms with Crippen LogP contribution >= 0.6 is 11.6 Å². The van der Waals surface area contributed by atoms with E-state index in [4.69, 9.17) is 20.8 Å². The van der Waals surface area contributed by atoms with Crippen molar-refractivity contribution >= 4 is 23.3 Å². The largest absolute Gasteiger partial charge is 0.486 e. The number of hydrogen-bond acceptors (Lipinski definition) is 5. The second-order valence-corrected chi connectivity index (χ2v) is 6.98. The summed E-state index contributed by atoms with van der Waals surface area (Å²) >= 11 is 6.17. The number of amides is 1. The molecular formula is C21H22ClN3O4. The van der Waals surface area contributed by atoms with Crippen LogP contribution in [0.2, 0.25) is 5.02 Å². The highest BCUT2D eigenvalue weighted by Gasteiger charge is 2.19. The summed E-state index contributed by atoms with van der Waals surface area (Å²) in [5.41, 5.74) is 1.25. The van der Waals surface area contributed by atoms with E-state index in [0.717, 1.165) is 0 Å². The van der Waals surface area contributed by atoms with E-state index in [9.17, 15) is 9.59 Å². The molecule has 2 aromatic heterocycles. The summed E-state index contributed by atoms with van der Waals surface area (Å²) in [7, 11) is 1.67. The topological polar surface area (TPSA) is 77.6 Å².